The fraction of sp³-hybridized carbons (Fsp3) is 0.300. The molecule has 0 amide bonds. The maximum atomic E-state index is 12.8. The Morgan fingerprint density at radius 2 is 1.96 bits per heavy atom. The van der Waals surface area contributed by atoms with Crippen LogP contribution in [0, 0.1) is 5.92 Å². The van der Waals surface area contributed by atoms with Crippen LogP contribution in [0.3, 0.4) is 0 Å². The molecule has 148 valence electrons. The number of esters is 1. The highest BCUT2D eigenvalue weighted by Crippen LogP contribution is 2.42. The predicted molar refractivity (Wildman–Crippen MR) is 110 cm³/mol. The molecule has 2 aromatic rings. The van der Waals surface area contributed by atoms with Crippen LogP contribution in [0.15, 0.2) is 47.9 Å². The number of carbonyl (C=O) groups excluding carboxylic acids is 2. The third-order valence-corrected chi connectivity index (χ3v) is 6.08. The molecule has 0 saturated heterocycles. The quantitative estimate of drug-likeness (QED) is 0.572. The summed E-state index contributed by atoms with van der Waals surface area (Å²) >= 11 is 1.51. The standard InChI is InChI=1S/C20H21NO5S2/c1-3-26-20(23)19-16(18-5-4-10-27-18)11-14(12-17(19)22)13-6-8-15(9-7-13)21-28(2,24)25/h4-10,12,16,19,21H,3,11H2,1-2H3/t16-,19-/m1/s1. The molecule has 1 aromatic carbocycles. The van der Waals surface area contributed by atoms with Gasteiger partial charge in [-0.15, -0.1) is 11.3 Å². The molecule has 28 heavy (non-hydrogen) atoms. The Kier molecular flexibility index (Phi) is 6.00. The Labute approximate surface area is 168 Å². The van der Waals surface area contributed by atoms with Gasteiger partial charge in [0.25, 0.3) is 0 Å². The second-order valence-corrected chi connectivity index (χ2v) is 9.31. The van der Waals surface area contributed by atoms with Gasteiger partial charge in [0.15, 0.2) is 5.78 Å². The van der Waals surface area contributed by atoms with E-state index in [-0.39, 0.29) is 18.3 Å². The van der Waals surface area contributed by atoms with E-state index >= 15 is 0 Å². The SMILES string of the molecule is CCOC(=O)[C@H]1C(=O)C=C(c2ccc(NS(C)(=O)=O)cc2)C[C@@H]1c1cccs1. The topological polar surface area (TPSA) is 89.5 Å². The highest BCUT2D eigenvalue weighted by molar-refractivity contribution is 7.92. The summed E-state index contributed by atoms with van der Waals surface area (Å²) < 4.78 is 30.2. The molecule has 0 saturated carbocycles. The zero-order chi connectivity index (χ0) is 20.3. The fourth-order valence-corrected chi connectivity index (χ4v) is 4.75. The maximum absolute atomic E-state index is 12.8. The molecule has 0 bridgehead atoms. The van der Waals surface area contributed by atoms with Crippen molar-refractivity contribution < 1.29 is 22.7 Å². The van der Waals surface area contributed by atoms with Gasteiger partial charge in [-0.25, -0.2) is 8.42 Å². The molecule has 1 N–H and O–H groups in total. The van der Waals surface area contributed by atoms with Crippen LogP contribution < -0.4 is 4.72 Å². The minimum absolute atomic E-state index is 0.227. The summed E-state index contributed by atoms with van der Waals surface area (Å²) in [6.45, 7) is 1.95. The molecule has 1 aliphatic rings. The summed E-state index contributed by atoms with van der Waals surface area (Å²) in [5, 5.41) is 1.92. The molecular weight excluding hydrogens is 398 g/mol. The van der Waals surface area contributed by atoms with E-state index in [4.69, 9.17) is 4.74 Å². The molecule has 0 unspecified atom stereocenters. The van der Waals surface area contributed by atoms with Gasteiger partial charge in [0, 0.05) is 16.5 Å². The van der Waals surface area contributed by atoms with Gasteiger partial charge in [0.2, 0.25) is 10.0 Å². The van der Waals surface area contributed by atoms with Gasteiger partial charge in [-0.2, -0.15) is 0 Å². The van der Waals surface area contributed by atoms with Crippen molar-refractivity contribution in [3.8, 4) is 0 Å². The number of anilines is 1. The third-order valence-electron chi connectivity index (χ3n) is 4.47. The Hall–Kier alpha value is -2.45. The molecule has 0 spiro atoms. The summed E-state index contributed by atoms with van der Waals surface area (Å²) in [4.78, 5) is 26.2. The molecule has 6 nitrogen and oxygen atoms in total. The smallest absolute Gasteiger partial charge is 0.317 e. The van der Waals surface area contributed by atoms with Gasteiger partial charge in [0.05, 0.1) is 12.9 Å². The molecular formula is C20H21NO5S2. The molecule has 1 heterocycles. The Morgan fingerprint density at radius 1 is 1.25 bits per heavy atom. The number of ketones is 1. The first-order chi connectivity index (χ1) is 13.3. The highest BCUT2D eigenvalue weighted by atomic mass is 32.2. The summed E-state index contributed by atoms with van der Waals surface area (Å²) in [6.07, 6.45) is 3.11. The average molecular weight is 420 g/mol. The molecule has 1 aromatic heterocycles. The van der Waals surface area contributed by atoms with Gasteiger partial charge < -0.3 is 4.74 Å². The fourth-order valence-electron chi connectivity index (χ4n) is 3.32. The maximum Gasteiger partial charge on any atom is 0.317 e. The number of ether oxygens (including phenoxy) is 1. The van der Waals surface area contributed by atoms with Gasteiger partial charge in [-0.1, -0.05) is 18.2 Å². The molecule has 0 radical (unpaired) electrons. The van der Waals surface area contributed by atoms with E-state index in [1.807, 2.05) is 17.5 Å². The molecule has 0 fully saturated rings. The van der Waals surface area contributed by atoms with Gasteiger partial charge in [-0.05, 0) is 54.1 Å². The zero-order valence-corrected chi connectivity index (χ0v) is 17.2. The number of carbonyl (C=O) groups is 2. The summed E-state index contributed by atoms with van der Waals surface area (Å²) in [7, 11) is -3.35. The van der Waals surface area contributed by atoms with Crippen LogP contribution in [0.5, 0.6) is 0 Å². The molecule has 8 heteroatoms. The lowest BCUT2D eigenvalue weighted by Crippen LogP contribution is -2.33. The Balaban J connectivity index is 1.91. The number of thiophene rings is 1. The van der Waals surface area contributed by atoms with Crippen molar-refractivity contribution in [2.24, 2.45) is 5.92 Å². The average Bonchev–Trinajstić information content (AvgIpc) is 3.15. The van der Waals surface area contributed by atoms with E-state index < -0.39 is 21.9 Å². The van der Waals surface area contributed by atoms with Crippen LogP contribution in [0.25, 0.3) is 5.57 Å². The van der Waals surface area contributed by atoms with Crippen molar-refractivity contribution in [1.82, 2.24) is 0 Å². The van der Waals surface area contributed by atoms with Crippen molar-refractivity contribution in [2.75, 3.05) is 17.6 Å². The minimum atomic E-state index is -3.35. The zero-order valence-electron chi connectivity index (χ0n) is 15.5. The lowest BCUT2D eigenvalue weighted by Gasteiger charge is -2.28. The largest absolute Gasteiger partial charge is 0.465 e. The normalized spacial score (nSPS) is 19.8. The number of hydrogen-bond acceptors (Lipinski definition) is 6. The van der Waals surface area contributed by atoms with Crippen molar-refractivity contribution in [3.05, 3.63) is 58.3 Å². The van der Waals surface area contributed by atoms with Crippen molar-refractivity contribution in [1.29, 1.82) is 0 Å². The van der Waals surface area contributed by atoms with Crippen molar-refractivity contribution in [3.63, 3.8) is 0 Å². The summed E-state index contributed by atoms with van der Waals surface area (Å²) in [5.41, 5.74) is 2.08. The first kappa shape index (κ1) is 20.3. The third kappa shape index (κ3) is 4.69. The first-order valence-corrected chi connectivity index (χ1v) is 11.6. The summed E-state index contributed by atoms with van der Waals surface area (Å²) in [6, 6.07) is 10.7. The number of sulfonamides is 1. The molecule has 0 aliphatic heterocycles. The molecule has 2 atom stereocenters. The van der Waals surface area contributed by atoms with E-state index in [2.05, 4.69) is 4.72 Å². The van der Waals surface area contributed by atoms with Crippen LogP contribution in [0.2, 0.25) is 0 Å². The molecule has 1 aliphatic carbocycles. The van der Waals surface area contributed by atoms with Crippen LogP contribution in [-0.2, 0) is 24.3 Å². The first-order valence-electron chi connectivity index (χ1n) is 8.81. The number of nitrogens with one attached hydrogen (secondary N) is 1. The van der Waals surface area contributed by atoms with Crippen molar-refractivity contribution >= 4 is 44.4 Å². The number of benzene rings is 1. The van der Waals surface area contributed by atoms with Gasteiger partial charge in [-0.3, -0.25) is 14.3 Å². The lowest BCUT2D eigenvalue weighted by atomic mass is 9.76. The van der Waals surface area contributed by atoms with Crippen LogP contribution in [-0.4, -0.2) is 33.0 Å². The number of allylic oxidation sites excluding steroid dienone is 2. The van der Waals surface area contributed by atoms with E-state index in [1.54, 1.807) is 31.2 Å². The number of rotatable bonds is 6. The van der Waals surface area contributed by atoms with Crippen LogP contribution in [0.4, 0.5) is 5.69 Å². The van der Waals surface area contributed by atoms with Crippen molar-refractivity contribution in [2.45, 2.75) is 19.3 Å². The number of hydrogen-bond donors (Lipinski definition) is 1. The Bertz CT molecular complexity index is 992. The van der Waals surface area contributed by atoms with Crippen LogP contribution >= 0.6 is 11.3 Å². The van der Waals surface area contributed by atoms with Gasteiger partial charge in [0.1, 0.15) is 5.92 Å². The lowest BCUT2D eigenvalue weighted by molar-refractivity contribution is -0.151. The van der Waals surface area contributed by atoms with Gasteiger partial charge >= 0.3 is 5.97 Å². The van der Waals surface area contributed by atoms with E-state index in [0.717, 1.165) is 22.3 Å². The van der Waals surface area contributed by atoms with Crippen LogP contribution in [0.1, 0.15) is 29.7 Å². The van der Waals surface area contributed by atoms with E-state index in [9.17, 15) is 18.0 Å². The Morgan fingerprint density at radius 3 is 2.54 bits per heavy atom. The predicted octanol–water partition coefficient (Wildman–Crippen LogP) is 3.44. The van der Waals surface area contributed by atoms with E-state index in [0.29, 0.717) is 12.1 Å². The minimum Gasteiger partial charge on any atom is -0.465 e. The monoisotopic (exact) mass is 419 g/mol. The summed E-state index contributed by atoms with van der Waals surface area (Å²) in [5.74, 6) is -1.88. The second-order valence-electron chi connectivity index (χ2n) is 6.58. The molecule has 3 rings (SSSR count). The second kappa shape index (κ2) is 8.28. The van der Waals surface area contributed by atoms with E-state index in [1.165, 1.54) is 17.4 Å². The highest BCUT2D eigenvalue weighted by Gasteiger charge is 2.40.